The van der Waals surface area contributed by atoms with Gasteiger partial charge >= 0.3 is 0 Å². The molecule has 2 aromatic heterocycles. The summed E-state index contributed by atoms with van der Waals surface area (Å²) in [5.41, 5.74) is 2.31. The summed E-state index contributed by atoms with van der Waals surface area (Å²) in [6.45, 7) is 6.29. The van der Waals surface area contributed by atoms with Gasteiger partial charge in [-0.05, 0) is 56.2 Å². The first-order valence-electron chi connectivity index (χ1n) is 10.5. The molecular formula is C23H28N4O3S. The Kier molecular flexibility index (Phi) is 7.35. The molecular weight excluding hydrogens is 412 g/mol. The maximum Gasteiger partial charge on any atom is 0.252 e. The highest BCUT2D eigenvalue weighted by molar-refractivity contribution is 7.89. The van der Waals surface area contributed by atoms with Crippen LogP contribution in [-0.4, -0.2) is 36.9 Å². The van der Waals surface area contributed by atoms with Crippen molar-refractivity contribution in [1.29, 1.82) is 0 Å². The Labute approximate surface area is 183 Å². The van der Waals surface area contributed by atoms with Crippen LogP contribution in [0.3, 0.4) is 0 Å². The van der Waals surface area contributed by atoms with Crippen LogP contribution in [0, 0.1) is 0 Å². The molecule has 8 heteroatoms. The molecule has 164 valence electrons. The topological polar surface area (TPSA) is 101 Å². The van der Waals surface area contributed by atoms with Crippen molar-refractivity contribution in [2.24, 2.45) is 0 Å². The largest absolute Gasteiger partial charge is 0.350 e. The lowest BCUT2D eigenvalue weighted by Crippen LogP contribution is -2.32. The lowest BCUT2D eigenvalue weighted by molar-refractivity contribution is 0.0941. The molecule has 0 unspecified atom stereocenters. The minimum atomic E-state index is -3.68. The number of hydrogen-bond acceptors (Lipinski definition) is 5. The molecule has 0 aliphatic rings. The van der Waals surface area contributed by atoms with Crippen LogP contribution in [-0.2, 0) is 10.0 Å². The van der Waals surface area contributed by atoms with Gasteiger partial charge in [-0.1, -0.05) is 20.3 Å². The van der Waals surface area contributed by atoms with Gasteiger partial charge in [0.05, 0.1) is 21.7 Å². The van der Waals surface area contributed by atoms with Crippen molar-refractivity contribution < 1.29 is 13.2 Å². The first kappa shape index (κ1) is 22.8. The highest BCUT2D eigenvalue weighted by atomic mass is 32.2. The smallest absolute Gasteiger partial charge is 0.252 e. The normalized spacial score (nSPS) is 12.6. The molecule has 1 atom stereocenters. The number of fused-ring (bicyclic) bond motifs is 1. The van der Waals surface area contributed by atoms with Gasteiger partial charge in [-0.25, -0.2) is 18.1 Å². The number of unbranched alkanes of at least 4 members (excludes halogenated alkanes) is 1. The monoisotopic (exact) mass is 440 g/mol. The van der Waals surface area contributed by atoms with E-state index in [4.69, 9.17) is 0 Å². The SMILES string of the molecule is CCCCNS(=O)(=O)c1ccc2nc(-c3cccnc3)cc(C(=O)N[C@H](C)CC)c2c1. The van der Waals surface area contributed by atoms with Gasteiger partial charge in [0.15, 0.2) is 0 Å². The molecule has 31 heavy (non-hydrogen) atoms. The number of sulfonamides is 1. The first-order valence-corrected chi connectivity index (χ1v) is 12.0. The summed E-state index contributed by atoms with van der Waals surface area (Å²) in [5, 5.41) is 3.46. The maximum absolute atomic E-state index is 13.1. The van der Waals surface area contributed by atoms with E-state index in [0.717, 1.165) is 24.8 Å². The Balaban J connectivity index is 2.13. The summed E-state index contributed by atoms with van der Waals surface area (Å²) in [7, 11) is -3.68. The van der Waals surface area contributed by atoms with Crippen LogP contribution >= 0.6 is 0 Å². The summed E-state index contributed by atoms with van der Waals surface area (Å²) in [6.07, 6.45) is 5.78. The first-order chi connectivity index (χ1) is 14.9. The average molecular weight is 441 g/mol. The van der Waals surface area contributed by atoms with E-state index in [2.05, 4.69) is 20.0 Å². The fraction of sp³-hybridized carbons (Fsp3) is 0.348. The second-order valence-corrected chi connectivity index (χ2v) is 9.28. The van der Waals surface area contributed by atoms with Crippen molar-refractivity contribution in [3.63, 3.8) is 0 Å². The average Bonchev–Trinajstić information content (AvgIpc) is 2.78. The minimum Gasteiger partial charge on any atom is -0.350 e. The molecule has 1 aromatic carbocycles. The van der Waals surface area contributed by atoms with Crippen LogP contribution in [0.25, 0.3) is 22.2 Å². The number of pyridine rings is 2. The van der Waals surface area contributed by atoms with Crippen molar-refractivity contribution in [3.05, 3.63) is 54.4 Å². The lowest BCUT2D eigenvalue weighted by atomic mass is 10.0. The Bertz CT molecular complexity index is 1160. The Hall–Kier alpha value is -2.84. The zero-order valence-corrected chi connectivity index (χ0v) is 18.9. The van der Waals surface area contributed by atoms with Gasteiger partial charge in [0, 0.05) is 35.9 Å². The number of benzene rings is 1. The van der Waals surface area contributed by atoms with Gasteiger partial charge in [0.1, 0.15) is 0 Å². The number of carbonyl (C=O) groups is 1. The predicted molar refractivity (Wildman–Crippen MR) is 122 cm³/mol. The molecule has 0 bridgehead atoms. The minimum absolute atomic E-state index is 0.0137. The van der Waals surface area contributed by atoms with E-state index >= 15 is 0 Å². The zero-order valence-electron chi connectivity index (χ0n) is 18.1. The second-order valence-electron chi connectivity index (χ2n) is 7.51. The Morgan fingerprint density at radius 2 is 1.97 bits per heavy atom. The van der Waals surface area contributed by atoms with E-state index in [1.165, 1.54) is 12.1 Å². The zero-order chi connectivity index (χ0) is 22.4. The number of nitrogens with zero attached hydrogens (tertiary/aromatic N) is 2. The highest BCUT2D eigenvalue weighted by Gasteiger charge is 2.19. The van der Waals surface area contributed by atoms with Gasteiger partial charge in [-0.3, -0.25) is 9.78 Å². The van der Waals surface area contributed by atoms with E-state index in [1.807, 2.05) is 26.8 Å². The molecule has 7 nitrogen and oxygen atoms in total. The van der Waals surface area contributed by atoms with Crippen molar-refractivity contribution in [1.82, 2.24) is 20.0 Å². The fourth-order valence-electron chi connectivity index (χ4n) is 3.09. The van der Waals surface area contributed by atoms with Crippen molar-refractivity contribution in [3.8, 4) is 11.3 Å². The predicted octanol–water partition coefficient (Wildman–Crippen LogP) is 3.90. The van der Waals surface area contributed by atoms with Crippen LogP contribution in [0.4, 0.5) is 0 Å². The van der Waals surface area contributed by atoms with Crippen LogP contribution in [0.5, 0.6) is 0 Å². The summed E-state index contributed by atoms with van der Waals surface area (Å²) in [4.78, 5) is 22.0. The van der Waals surface area contributed by atoms with Gasteiger partial charge in [-0.15, -0.1) is 0 Å². The van der Waals surface area contributed by atoms with Gasteiger partial charge in [0.25, 0.3) is 5.91 Å². The molecule has 0 saturated carbocycles. The van der Waals surface area contributed by atoms with Crippen LogP contribution in [0.2, 0.25) is 0 Å². The quantitative estimate of drug-likeness (QED) is 0.492. The molecule has 2 heterocycles. The summed E-state index contributed by atoms with van der Waals surface area (Å²) in [5.74, 6) is -0.264. The Morgan fingerprint density at radius 3 is 2.65 bits per heavy atom. The molecule has 3 rings (SSSR count). The van der Waals surface area contributed by atoms with Gasteiger partial charge in [0.2, 0.25) is 10.0 Å². The molecule has 3 aromatic rings. The van der Waals surface area contributed by atoms with Crippen LogP contribution in [0.1, 0.15) is 50.4 Å². The van der Waals surface area contributed by atoms with Gasteiger partial charge in [-0.2, -0.15) is 0 Å². The van der Waals surface area contributed by atoms with E-state index in [1.54, 1.807) is 30.6 Å². The molecule has 0 spiro atoms. The van der Waals surface area contributed by atoms with Crippen LogP contribution in [0.15, 0.2) is 53.7 Å². The molecule has 0 aliphatic heterocycles. The maximum atomic E-state index is 13.1. The lowest BCUT2D eigenvalue weighted by Gasteiger charge is -2.15. The van der Waals surface area contributed by atoms with E-state index in [9.17, 15) is 13.2 Å². The van der Waals surface area contributed by atoms with E-state index in [-0.39, 0.29) is 16.8 Å². The van der Waals surface area contributed by atoms with Crippen LogP contribution < -0.4 is 10.0 Å². The van der Waals surface area contributed by atoms with E-state index < -0.39 is 10.0 Å². The molecule has 0 saturated heterocycles. The van der Waals surface area contributed by atoms with Crippen molar-refractivity contribution >= 4 is 26.8 Å². The second kappa shape index (κ2) is 9.98. The highest BCUT2D eigenvalue weighted by Crippen LogP contribution is 2.27. The molecule has 0 fully saturated rings. The third-order valence-corrected chi connectivity index (χ3v) is 6.56. The summed E-state index contributed by atoms with van der Waals surface area (Å²) >= 11 is 0. The van der Waals surface area contributed by atoms with Crippen molar-refractivity contribution in [2.45, 2.75) is 51.0 Å². The van der Waals surface area contributed by atoms with E-state index in [0.29, 0.717) is 28.7 Å². The number of amides is 1. The summed E-state index contributed by atoms with van der Waals surface area (Å²) in [6, 6.07) is 10.0. The number of aromatic nitrogens is 2. The summed E-state index contributed by atoms with van der Waals surface area (Å²) < 4.78 is 28.0. The number of hydrogen-bond donors (Lipinski definition) is 2. The molecule has 1 amide bonds. The third kappa shape index (κ3) is 5.45. The third-order valence-electron chi connectivity index (χ3n) is 5.10. The molecule has 0 radical (unpaired) electrons. The molecule has 2 N–H and O–H groups in total. The number of rotatable bonds is 9. The number of carbonyl (C=O) groups excluding carboxylic acids is 1. The standard InChI is InChI=1S/C23H28N4O3S/c1-4-6-12-25-31(29,30)18-9-10-21-19(13-18)20(23(28)26-16(3)5-2)14-22(27-21)17-8-7-11-24-15-17/h7-11,13-16,25H,4-6,12H2,1-3H3,(H,26,28)/t16-/m1/s1. The number of nitrogens with one attached hydrogen (secondary N) is 2. The van der Waals surface area contributed by atoms with Crippen molar-refractivity contribution in [2.75, 3.05) is 6.54 Å². The van der Waals surface area contributed by atoms with Gasteiger partial charge < -0.3 is 5.32 Å². The Morgan fingerprint density at radius 1 is 1.16 bits per heavy atom. The molecule has 0 aliphatic carbocycles. The fourth-order valence-corrected chi connectivity index (χ4v) is 4.19.